The molecule has 0 spiro atoms. The quantitative estimate of drug-likeness (QED) is 0.200. The van der Waals surface area contributed by atoms with Crippen LogP contribution >= 0.6 is 0 Å². The summed E-state index contributed by atoms with van der Waals surface area (Å²) in [7, 11) is 0. The number of aliphatic imine (C=N–C) groups is 1. The van der Waals surface area contributed by atoms with Gasteiger partial charge >= 0.3 is 157 Å². The summed E-state index contributed by atoms with van der Waals surface area (Å²) in [4.78, 5) is 39.7. The minimum absolute atomic E-state index is 0.0230. The van der Waals surface area contributed by atoms with Crippen molar-refractivity contribution in [2.45, 2.75) is 24.5 Å². The first kappa shape index (κ1) is 25.3. The third kappa shape index (κ3) is 8.66. The van der Waals surface area contributed by atoms with Crippen LogP contribution in [0.25, 0.3) is 0 Å². The number of nitrogens with one attached hydrogen (secondary N) is 3. The van der Waals surface area contributed by atoms with Gasteiger partial charge in [-0.05, 0) is 6.42 Å². The monoisotopic (exact) mass is 511 g/mol. The number of aliphatic carboxylic acids is 1. The Morgan fingerprint density at radius 2 is 2.12 bits per heavy atom. The zero-order valence-corrected chi connectivity index (χ0v) is 19.7. The van der Waals surface area contributed by atoms with Crippen LogP contribution in [-0.4, -0.2) is 88.0 Å². The third-order valence-electron chi connectivity index (χ3n) is 4.21. The van der Waals surface area contributed by atoms with Gasteiger partial charge < -0.3 is 5.32 Å². The zero-order valence-electron chi connectivity index (χ0n) is 17.8. The number of nitrogens with zero attached hydrogens (tertiary/aromatic N) is 1. The van der Waals surface area contributed by atoms with Crippen molar-refractivity contribution >= 4 is 38.3 Å². The number of rotatable bonds is 12. The molecule has 1 aromatic carbocycles. The number of carbonyl (C=O) groups excluding carboxylic acids is 2. The maximum absolute atomic E-state index is 12.4. The molecule has 0 aromatic heterocycles. The molecule has 1 heterocycles. The van der Waals surface area contributed by atoms with Gasteiger partial charge in [0.15, 0.2) is 5.96 Å². The van der Waals surface area contributed by atoms with E-state index in [1.165, 1.54) is 18.2 Å². The normalized spacial score (nSPS) is 14.2. The van der Waals surface area contributed by atoms with Crippen molar-refractivity contribution in [3.63, 3.8) is 0 Å². The molecule has 1 aliphatic rings. The van der Waals surface area contributed by atoms with Crippen molar-refractivity contribution in [2.24, 2.45) is 4.99 Å². The molecule has 0 saturated heterocycles. The number of hydrogen-bond donors (Lipinski definition) is 5. The summed E-state index contributed by atoms with van der Waals surface area (Å²) in [6.07, 6.45) is 1.65. The number of phenols is 1. The molecule has 175 valence electrons. The average Bonchev–Trinajstić information content (AvgIpc) is 2.78. The maximum atomic E-state index is 12.4. The molecular formula is C20H28AsN4O7. The van der Waals surface area contributed by atoms with E-state index in [0.717, 1.165) is 25.5 Å². The first-order chi connectivity index (χ1) is 15.4. The Hall–Kier alpha value is -2.94. The standard InChI is InChI=1S/C20H28AsN4O7/c1-2-9-32-19(30)21-15(18(28)29)12-25-17(27)14-5-4-13(11-16(14)26)31-10-8-24-20-22-6-3-7-23-20/h4-5,11,15,26H,2-3,6-10,12H2,1H3,(H,25,27)(H,28,29)(H2,22,23,24)/t15-/m0/s1. The molecule has 5 N–H and O–H groups in total. The molecule has 0 bridgehead atoms. The predicted molar refractivity (Wildman–Crippen MR) is 118 cm³/mol. The van der Waals surface area contributed by atoms with E-state index < -0.39 is 37.1 Å². The van der Waals surface area contributed by atoms with Crippen LogP contribution in [-0.2, 0) is 9.53 Å². The van der Waals surface area contributed by atoms with E-state index in [4.69, 9.17) is 9.47 Å². The fraction of sp³-hybridized carbons (Fsp3) is 0.500. The molecule has 0 aliphatic carbocycles. The van der Waals surface area contributed by atoms with Crippen LogP contribution in [0.5, 0.6) is 11.5 Å². The fourth-order valence-corrected chi connectivity index (χ4v) is 4.11. The van der Waals surface area contributed by atoms with E-state index in [2.05, 4.69) is 20.9 Å². The molecule has 0 fully saturated rings. The molecule has 1 aliphatic heterocycles. The van der Waals surface area contributed by atoms with Crippen molar-refractivity contribution < 1.29 is 34.1 Å². The van der Waals surface area contributed by atoms with Crippen molar-refractivity contribution in [3.05, 3.63) is 23.8 Å². The third-order valence-corrected chi connectivity index (χ3v) is 6.42. The van der Waals surface area contributed by atoms with Crippen molar-refractivity contribution in [1.82, 2.24) is 16.0 Å². The predicted octanol–water partition coefficient (Wildman–Crippen LogP) is 0.564. The molecule has 0 saturated carbocycles. The fourth-order valence-electron chi connectivity index (χ4n) is 2.61. The molecule has 1 amide bonds. The first-order valence-corrected chi connectivity index (χ1v) is 12.3. The topological polar surface area (TPSA) is 159 Å². The zero-order chi connectivity index (χ0) is 23.3. The SMILES string of the molecule is CCCOC(=O)[As][C@@H](CNC(=O)c1ccc(OCCNC2=NCCCN2)cc1O)C(=O)O. The summed E-state index contributed by atoms with van der Waals surface area (Å²) in [5.41, 5.74) is -0.0230. The van der Waals surface area contributed by atoms with E-state index in [1.807, 2.05) is 6.92 Å². The number of hydrogen-bond acceptors (Lipinski definition) is 9. The second-order valence-corrected chi connectivity index (χ2v) is 9.39. The molecule has 2 rings (SSSR count). The number of ether oxygens (including phenoxy) is 2. The minimum atomic E-state index is -1.30. The van der Waals surface area contributed by atoms with Crippen LogP contribution in [0.15, 0.2) is 23.2 Å². The van der Waals surface area contributed by atoms with Gasteiger partial charge in [-0.15, -0.1) is 0 Å². The van der Waals surface area contributed by atoms with Crippen LogP contribution in [0.4, 0.5) is 4.79 Å². The van der Waals surface area contributed by atoms with Crippen molar-refractivity contribution in [3.8, 4) is 11.5 Å². The Balaban J connectivity index is 1.81. The number of amides is 1. The summed E-state index contributed by atoms with van der Waals surface area (Å²) < 4.78 is 8.90. The Morgan fingerprint density at radius 3 is 2.78 bits per heavy atom. The van der Waals surface area contributed by atoms with Gasteiger partial charge in [-0.3, -0.25) is 4.99 Å². The van der Waals surface area contributed by atoms with Gasteiger partial charge in [-0.2, -0.15) is 0 Å². The number of guanidine groups is 1. The summed E-state index contributed by atoms with van der Waals surface area (Å²) in [6, 6.07) is 4.24. The molecule has 11 nitrogen and oxygen atoms in total. The van der Waals surface area contributed by atoms with E-state index in [-0.39, 0.29) is 24.5 Å². The van der Waals surface area contributed by atoms with Crippen LogP contribution in [0, 0.1) is 0 Å². The summed E-state index contributed by atoms with van der Waals surface area (Å²) in [5.74, 6) is -1.02. The average molecular weight is 511 g/mol. The Labute approximate surface area is 192 Å². The first-order valence-electron chi connectivity index (χ1n) is 10.3. The van der Waals surface area contributed by atoms with Crippen molar-refractivity contribution in [1.29, 1.82) is 0 Å². The van der Waals surface area contributed by atoms with Gasteiger partial charge in [0.25, 0.3) is 0 Å². The van der Waals surface area contributed by atoms with E-state index in [9.17, 15) is 24.6 Å². The van der Waals surface area contributed by atoms with Crippen LogP contribution < -0.4 is 20.7 Å². The molecule has 12 heteroatoms. The molecule has 1 aromatic rings. The van der Waals surface area contributed by atoms with Gasteiger partial charge in [0.1, 0.15) is 0 Å². The van der Waals surface area contributed by atoms with Gasteiger partial charge in [0.05, 0.1) is 0 Å². The van der Waals surface area contributed by atoms with E-state index in [1.54, 1.807) is 0 Å². The number of aromatic hydroxyl groups is 1. The number of benzene rings is 1. The molecular weight excluding hydrogens is 483 g/mol. The Morgan fingerprint density at radius 1 is 1.31 bits per heavy atom. The van der Waals surface area contributed by atoms with Gasteiger partial charge in [-0.25, -0.2) is 0 Å². The number of carbonyl (C=O) groups is 3. The van der Waals surface area contributed by atoms with Gasteiger partial charge in [-0.1, -0.05) is 0 Å². The molecule has 1 atom stereocenters. The summed E-state index contributed by atoms with van der Waals surface area (Å²) >= 11 is -1.30. The van der Waals surface area contributed by atoms with Crippen LogP contribution in [0.1, 0.15) is 30.1 Å². The van der Waals surface area contributed by atoms with E-state index in [0.29, 0.717) is 25.3 Å². The number of carboxylic acids is 1. The number of carboxylic acid groups (broad SMARTS) is 1. The second-order valence-electron chi connectivity index (χ2n) is 6.77. The second kappa shape index (κ2) is 13.5. The van der Waals surface area contributed by atoms with Crippen LogP contribution in [0.3, 0.4) is 0 Å². The Kier molecular flexibility index (Phi) is 10.7. The molecule has 32 heavy (non-hydrogen) atoms. The number of phenolic OH excluding ortho intramolecular Hbond substituents is 1. The van der Waals surface area contributed by atoms with Gasteiger partial charge in [0, 0.05) is 13.1 Å². The summed E-state index contributed by atoms with van der Waals surface area (Å²) in [6.45, 7) is 4.32. The van der Waals surface area contributed by atoms with Crippen LogP contribution in [0.2, 0.25) is 4.71 Å². The molecule has 0 unspecified atom stereocenters. The van der Waals surface area contributed by atoms with Crippen molar-refractivity contribution in [2.75, 3.05) is 39.4 Å². The van der Waals surface area contributed by atoms with Gasteiger partial charge in [0.2, 0.25) is 0 Å². The summed E-state index contributed by atoms with van der Waals surface area (Å²) in [5, 5.41) is 28.2. The molecule has 1 radical (unpaired) electrons. The van der Waals surface area contributed by atoms with E-state index >= 15 is 0 Å². The Bertz CT molecular complexity index is 834.